The number of hydrogen-bond donors (Lipinski definition) is 1. The Balaban J connectivity index is 1.98. The van der Waals surface area contributed by atoms with E-state index in [1.54, 1.807) is 6.20 Å². The molecule has 2 aromatic rings. The normalized spacial score (nSPS) is 21.4. The molecule has 0 saturated carbocycles. The van der Waals surface area contributed by atoms with Gasteiger partial charge in [-0.1, -0.05) is 13.0 Å². The molecule has 6 heteroatoms. The first kappa shape index (κ1) is 15.8. The van der Waals surface area contributed by atoms with Crippen LogP contribution in [0.5, 0.6) is 0 Å². The van der Waals surface area contributed by atoms with Gasteiger partial charge in [-0.2, -0.15) is 0 Å². The molecule has 122 valence electrons. The van der Waals surface area contributed by atoms with Gasteiger partial charge in [-0.3, -0.25) is 4.98 Å². The van der Waals surface area contributed by atoms with Crippen molar-refractivity contribution in [2.75, 3.05) is 24.7 Å². The Morgan fingerprint density at radius 1 is 1.35 bits per heavy atom. The lowest BCUT2D eigenvalue weighted by Gasteiger charge is -2.38. The summed E-state index contributed by atoms with van der Waals surface area (Å²) in [6.45, 7) is 5.40. The molecule has 0 aliphatic carbocycles. The number of nitrogens with zero attached hydrogens (tertiary/aromatic N) is 4. The maximum absolute atomic E-state index is 9.38. The van der Waals surface area contributed by atoms with Gasteiger partial charge in [0.1, 0.15) is 11.5 Å². The Labute approximate surface area is 136 Å². The smallest absolute Gasteiger partial charge is 0.180 e. The highest BCUT2D eigenvalue weighted by molar-refractivity contribution is 5.54. The Kier molecular flexibility index (Phi) is 4.83. The molecule has 23 heavy (non-hydrogen) atoms. The molecule has 0 radical (unpaired) electrons. The van der Waals surface area contributed by atoms with E-state index in [0.717, 1.165) is 23.6 Å². The van der Waals surface area contributed by atoms with Crippen molar-refractivity contribution in [1.29, 1.82) is 0 Å². The number of hydrogen-bond acceptors (Lipinski definition) is 6. The van der Waals surface area contributed by atoms with Gasteiger partial charge >= 0.3 is 0 Å². The summed E-state index contributed by atoms with van der Waals surface area (Å²) in [5.74, 6) is 1.51. The van der Waals surface area contributed by atoms with Crippen LogP contribution in [0.1, 0.15) is 19.5 Å². The van der Waals surface area contributed by atoms with Crippen LogP contribution in [0.15, 0.2) is 30.5 Å². The molecule has 6 nitrogen and oxygen atoms in total. The summed E-state index contributed by atoms with van der Waals surface area (Å²) in [5.41, 5.74) is 1.75. The van der Waals surface area contributed by atoms with Gasteiger partial charge in [0, 0.05) is 24.5 Å². The summed E-state index contributed by atoms with van der Waals surface area (Å²) in [4.78, 5) is 15.8. The van der Waals surface area contributed by atoms with Crippen molar-refractivity contribution in [3.8, 4) is 11.5 Å². The quantitative estimate of drug-likeness (QED) is 0.926. The van der Waals surface area contributed by atoms with Crippen molar-refractivity contribution in [2.45, 2.75) is 32.4 Å². The van der Waals surface area contributed by atoms with E-state index in [4.69, 9.17) is 9.72 Å². The summed E-state index contributed by atoms with van der Waals surface area (Å²) >= 11 is 0. The molecule has 1 aliphatic rings. The maximum Gasteiger partial charge on any atom is 0.180 e. The van der Waals surface area contributed by atoms with E-state index in [1.165, 1.54) is 0 Å². The summed E-state index contributed by atoms with van der Waals surface area (Å²) in [6.07, 6.45) is 2.40. The predicted octanol–water partition coefficient (Wildman–Crippen LogP) is 1.69. The zero-order valence-corrected chi connectivity index (χ0v) is 13.5. The van der Waals surface area contributed by atoms with Crippen LogP contribution in [0.4, 0.5) is 5.82 Å². The van der Waals surface area contributed by atoms with E-state index >= 15 is 0 Å². The molecular weight excluding hydrogens is 292 g/mol. The first-order valence-electron chi connectivity index (χ1n) is 7.99. The van der Waals surface area contributed by atoms with Gasteiger partial charge < -0.3 is 14.7 Å². The molecule has 0 aromatic carbocycles. The van der Waals surface area contributed by atoms with Crippen molar-refractivity contribution in [2.24, 2.45) is 0 Å². The lowest BCUT2D eigenvalue weighted by Crippen LogP contribution is -2.50. The predicted molar refractivity (Wildman–Crippen MR) is 88.3 cm³/mol. The lowest BCUT2D eigenvalue weighted by molar-refractivity contribution is -0.0105. The highest BCUT2D eigenvalue weighted by Gasteiger charge is 2.27. The minimum Gasteiger partial charge on any atom is -0.394 e. The van der Waals surface area contributed by atoms with Crippen molar-refractivity contribution >= 4 is 5.82 Å². The third-order valence-corrected chi connectivity index (χ3v) is 4.03. The van der Waals surface area contributed by atoms with Crippen molar-refractivity contribution in [3.05, 3.63) is 36.2 Å². The fraction of sp³-hybridized carbons (Fsp3) is 0.471. The van der Waals surface area contributed by atoms with Gasteiger partial charge in [-0.05, 0) is 25.5 Å². The number of aryl methyl sites for hydroxylation is 1. The summed E-state index contributed by atoms with van der Waals surface area (Å²) in [6, 6.07) is 7.95. The molecule has 1 saturated heterocycles. The summed E-state index contributed by atoms with van der Waals surface area (Å²) < 4.78 is 5.62. The van der Waals surface area contributed by atoms with E-state index in [1.807, 2.05) is 24.3 Å². The number of pyridine rings is 1. The Morgan fingerprint density at radius 2 is 2.22 bits per heavy atom. The fourth-order valence-corrected chi connectivity index (χ4v) is 2.67. The van der Waals surface area contributed by atoms with E-state index in [-0.39, 0.29) is 18.8 Å². The first-order chi connectivity index (χ1) is 11.2. The van der Waals surface area contributed by atoms with E-state index in [9.17, 15) is 5.11 Å². The van der Waals surface area contributed by atoms with Crippen LogP contribution in [0.3, 0.4) is 0 Å². The standard InChI is InChI=1S/C17H22N4O2/c1-3-13-8-16(21-9-14(10-22)23-11-12(21)2)20-17(19-13)15-6-4-5-7-18-15/h4-8,12,14,22H,3,9-11H2,1-2H3. The summed E-state index contributed by atoms with van der Waals surface area (Å²) in [5, 5.41) is 9.38. The van der Waals surface area contributed by atoms with Crippen LogP contribution in [-0.2, 0) is 11.2 Å². The van der Waals surface area contributed by atoms with Crippen LogP contribution >= 0.6 is 0 Å². The van der Waals surface area contributed by atoms with Crippen LogP contribution in [0.25, 0.3) is 11.5 Å². The second-order valence-corrected chi connectivity index (χ2v) is 5.75. The second kappa shape index (κ2) is 7.02. The minimum absolute atomic E-state index is 0.0159. The number of anilines is 1. The third-order valence-electron chi connectivity index (χ3n) is 4.03. The number of aliphatic hydroxyl groups excluding tert-OH is 1. The van der Waals surface area contributed by atoms with E-state index < -0.39 is 0 Å². The Bertz CT molecular complexity index is 650. The van der Waals surface area contributed by atoms with Gasteiger partial charge in [-0.15, -0.1) is 0 Å². The SMILES string of the molecule is CCc1cc(N2CC(CO)OCC2C)nc(-c2ccccn2)n1. The largest absolute Gasteiger partial charge is 0.394 e. The second-order valence-electron chi connectivity index (χ2n) is 5.75. The Hall–Kier alpha value is -2.05. The molecule has 0 amide bonds. The molecule has 0 bridgehead atoms. The molecule has 0 spiro atoms. The number of ether oxygens (including phenoxy) is 1. The molecule has 2 atom stereocenters. The number of morpholine rings is 1. The van der Waals surface area contributed by atoms with Crippen LogP contribution in [0, 0.1) is 0 Å². The monoisotopic (exact) mass is 314 g/mol. The lowest BCUT2D eigenvalue weighted by atomic mass is 10.2. The highest BCUT2D eigenvalue weighted by Crippen LogP contribution is 2.23. The number of aromatic nitrogens is 3. The minimum atomic E-state index is -0.176. The third kappa shape index (κ3) is 3.48. The van der Waals surface area contributed by atoms with Crippen LogP contribution in [-0.4, -0.2) is 52.0 Å². The molecule has 3 heterocycles. The first-order valence-corrected chi connectivity index (χ1v) is 7.99. The van der Waals surface area contributed by atoms with Crippen molar-refractivity contribution in [1.82, 2.24) is 15.0 Å². The number of rotatable bonds is 4. The van der Waals surface area contributed by atoms with Gasteiger partial charge in [-0.25, -0.2) is 9.97 Å². The zero-order chi connectivity index (χ0) is 16.2. The Morgan fingerprint density at radius 3 is 2.91 bits per heavy atom. The van der Waals surface area contributed by atoms with Gasteiger partial charge in [0.15, 0.2) is 5.82 Å². The maximum atomic E-state index is 9.38. The van der Waals surface area contributed by atoms with E-state index in [0.29, 0.717) is 19.0 Å². The average molecular weight is 314 g/mol. The molecule has 1 N–H and O–H groups in total. The molecule has 2 unspecified atom stereocenters. The van der Waals surface area contributed by atoms with Crippen LogP contribution < -0.4 is 4.90 Å². The van der Waals surface area contributed by atoms with Crippen molar-refractivity contribution < 1.29 is 9.84 Å². The molecule has 1 aliphatic heterocycles. The van der Waals surface area contributed by atoms with Gasteiger partial charge in [0.05, 0.1) is 25.4 Å². The molecule has 3 rings (SSSR count). The van der Waals surface area contributed by atoms with Crippen molar-refractivity contribution in [3.63, 3.8) is 0 Å². The summed E-state index contributed by atoms with van der Waals surface area (Å²) in [7, 11) is 0. The molecule has 1 fully saturated rings. The van der Waals surface area contributed by atoms with Gasteiger partial charge in [0.2, 0.25) is 0 Å². The number of aliphatic hydroxyl groups is 1. The fourth-order valence-electron chi connectivity index (χ4n) is 2.67. The average Bonchev–Trinajstić information content (AvgIpc) is 2.62. The van der Waals surface area contributed by atoms with E-state index in [2.05, 4.69) is 28.7 Å². The zero-order valence-electron chi connectivity index (χ0n) is 13.5. The molecule has 2 aromatic heterocycles. The molecular formula is C17H22N4O2. The topological polar surface area (TPSA) is 71.4 Å². The highest BCUT2D eigenvalue weighted by atomic mass is 16.5. The van der Waals surface area contributed by atoms with Crippen LogP contribution in [0.2, 0.25) is 0 Å². The van der Waals surface area contributed by atoms with Gasteiger partial charge in [0.25, 0.3) is 0 Å².